The van der Waals surface area contributed by atoms with E-state index in [0.29, 0.717) is 22.4 Å². The number of nitrogens with zero attached hydrogens (tertiary/aromatic N) is 3. The maximum atomic E-state index is 12.8. The van der Waals surface area contributed by atoms with E-state index >= 15 is 0 Å². The lowest BCUT2D eigenvalue weighted by Crippen LogP contribution is -2.04. The number of thiol groups is 1. The van der Waals surface area contributed by atoms with Crippen molar-refractivity contribution >= 4 is 18.3 Å². The number of hydrogen-bond acceptors (Lipinski definition) is 4. The molecule has 0 bridgehead atoms. The van der Waals surface area contributed by atoms with E-state index in [-0.39, 0.29) is 11.5 Å². The van der Waals surface area contributed by atoms with Gasteiger partial charge in [-0.15, -0.1) is 12.6 Å². The van der Waals surface area contributed by atoms with Gasteiger partial charge in [-0.25, -0.2) is 4.98 Å². The Balaban J connectivity index is 1.86. The maximum Gasteiger partial charge on any atom is 0.434 e. The van der Waals surface area contributed by atoms with Crippen molar-refractivity contribution in [3.05, 3.63) is 75.6 Å². The smallest absolute Gasteiger partial charge is 0.333 e. The quantitative estimate of drug-likeness (QED) is 0.390. The van der Waals surface area contributed by atoms with Crippen LogP contribution in [0.15, 0.2) is 53.6 Å². The minimum Gasteiger partial charge on any atom is -0.333 e. The number of aromatic nitrogens is 2. The van der Waals surface area contributed by atoms with Crippen LogP contribution in [-0.4, -0.2) is 14.5 Å². The Morgan fingerprint density at radius 3 is 2.41 bits per heavy atom. The summed E-state index contributed by atoms with van der Waals surface area (Å²) in [4.78, 5) is 14.5. The van der Waals surface area contributed by atoms with Gasteiger partial charge in [0.15, 0.2) is 5.69 Å². The molecule has 0 spiro atoms. The Morgan fingerprint density at radius 2 is 1.85 bits per heavy atom. The molecule has 5 nitrogen and oxygen atoms in total. The van der Waals surface area contributed by atoms with Crippen molar-refractivity contribution in [3.8, 4) is 11.4 Å². The molecule has 0 amide bonds. The summed E-state index contributed by atoms with van der Waals surface area (Å²) in [7, 11) is 1.50. The molecule has 0 aliphatic rings. The van der Waals surface area contributed by atoms with Gasteiger partial charge in [0.25, 0.3) is 5.69 Å². The molecule has 1 aromatic heterocycles. The van der Waals surface area contributed by atoms with E-state index in [9.17, 15) is 23.3 Å². The number of halogens is 3. The van der Waals surface area contributed by atoms with Crippen molar-refractivity contribution in [2.24, 2.45) is 7.05 Å². The van der Waals surface area contributed by atoms with Gasteiger partial charge in [0.1, 0.15) is 5.82 Å². The van der Waals surface area contributed by atoms with E-state index in [1.807, 2.05) is 0 Å². The minimum absolute atomic E-state index is 0.0693. The molecule has 27 heavy (non-hydrogen) atoms. The van der Waals surface area contributed by atoms with Gasteiger partial charge in [-0.1, -0.05) is 36.4 Å². The maximum absolute atomic E-state index is 12.8. The molecule has 0 saturated heterocycles. The highest BCUT2D eigenvalue weighted by Crippen LogP contribution is 2.31. The molecule has 2 aromatic carbocycles. The summed E-state index contributed by atoms with van der Waals surface area (Å²) in [5, 5.41) is 11.0. The van der Waals surface area contributed by atoms with Crippen LogP contribution in [0.1, 0.15) is 16.8 Å². The number of aryl methyl sites for hydroxylation is 1. The highest BCUT2D eigenvalue weighted by molar-refractivity contribution is 7.80. The molecule has 0 aliphatic carbocycles. The Labute approximate surface area is 158 Å². The van der Waals surface area contributed by atoms with Crippen LogP contribution in [0.5, 0.6) is 0 Å². The molecule has 0 saturated carbocycles. The second-order valence-electron chi connectivity index (χ2n) is 5.97. The normalized spacial score (nSPS) is 11.6. The molecule has 0 aliphatic heterocycles. The Bertz CT molecular complexity index is 998. The molecule has 1 heterocycles. The molecule has 3 rings (SSSR count). The first-order valence-electron chi connectivity index (χ1n) is 7.82. The van der Waals surface area contributed by atoms with Gasteiger partial charge in [-0.3, -0.25) is 10.1 Å². The van der Waals surface area contributed by atoms with Gasteiger partial charge in [0.2, 0.25) is 0 Å². The third kappa shape index (κ3) is 3.97. The van der Waals surface area contributed by atoms with E-state index in [2.05, 4.69) is 17.6 Å². The summed E-state index contributed by atoms with van der Waals surface area (Å²) in [5.74, 6) is 0.208. The predicted molar refractivity (Wildman–Crippen MR) is 96.8 cm³/mol. The van der Waals surface area contributed by atoms with E-state index in [0.717, 1.165) is 11.8 Å². The number of hydrogen-bond donors (Lipinski definition) is 1. The summed E-state index contributed by atoms with van der Waals surface area (Å²) in [6, 6.07) is 11.6. The third-order valence-electron chi connectivity index (χ3n) is 4.07. The summed E-state index contributed by atoms with van der Waals surface area (Å²) in [6.07, 6.45) is -3.14. The van der Waals surface area contributed by atoms with Crippen LogP contribution in [0.2, 0.25) is 0 Å². The van der Waals surface area contributed by atoms with Crippen molar-refractivity contribution in [3.63, 3.8) is 0 Å². The van der Waals surface area contributed by atoms with Crippen LogP contribution in [0, 0.1) is 10.1 Å². The number of alkyl halides is 3. The van der Waals surface area contributed by atoms with E-state index in [4.69, 9.17) is 0 Å². The summed E-state index contributed by atoms with van der Waals surface area (Å²) < 4.78 is 39.7. The van der Waals surface area contributed by atoms with Crippen LogP contribution >= 0.6 is 12.6 Å². The van der Waals surface area contributed by atoms with Gasteiger partial charge in [0.05, 0.1) is 9.82 Å². The molecule has 3 aromatic rings. The standard InChI is InChI=1S/C18H14F3N3O2S/c1-23-10-15(18(19,20)21)22-17(23)12-7-5-11(6-8-12)9-13-3-2-4-14(16(13)27)24(25)26/h2-8,10,27H,9H2,1H3. The lowest BCUT2D eigenvalue weighted by molar-refractivity contribution is -0.387. The first-order chi connectivity index (χ1) is 12.7. The van der Waals surface area contributed by atoms with Crippen molar-refractivity contribution in [1.82, 2.24) is 9.55 Å². The van der Waals surface area contributed by atoms with Gasteiger partial charge < -0.3 is 4.57 Å². The monoisotopic (exact) mass is 393 g/mol. The number of nitro benzene ring substituents is 1. The van der Waals surface area contributed by atoms with E-state index in [1.54, 1.807) is 36.4 Å². The summed E-state index contributed by atoms with van der Waals surface area (Å²) in [6.45, 7) is 0. The number of imidazole rings is 1. The average Bonchev–Trinajstić information content (AvgIpc) is 2.99. The first kappa shape index (κ1) is 19.0. The molecule has 0 atom stereocenters. The largest absolute Gasteiger partial charge is 0.434 e. The van der Waals surface area contributed by atoms with Crippen LogP contribution in [0.25, 0.3) is 11.4 Å². The summed E-state index contributed by atoms with van der Waals surface area (Å²) in [5.41, 5.74) is 1.07. The second kappa shape index (κ2) is 7.07. The highest BCUT2D eigenvalue weighted by atomic mass is 32.1. The fourth-order valence-corrected chi connectivity index (χ4v) is 3.04. The van der Waals surface area contributed by atoms with Crippen LogP contribution in [0.4, 0.5) is 18.9 Å². The van der Waals surface area contributed by atoms with Gasteiger partial charge in [0, 0.05) is 24.9 Å². The molecule has 0 N–H and O–H groups in total. The van der Waals surface area contributed by atoms with Gasteiger partial charge in [-0.2, -0.15) is 13.2 Å². The van der Waals surface area contributed by atoms with Crippen molar-refractivity contribution < 1.29 is 18.1 Å². The fourth-order valence-electron chi connectivity index (χ4n) is 2.73. The van der Waals surface area contributed by atoms with Crippen LogP contribution in [0.3, 0.4) is 0 Å². The Kier molecular flexibility index (Phi) is 4.97. The highest BCUT2D eigenvalue weighted by Gasteiger charge is 2.34. The predicted octanol–water partition coefficient (Wildman–Crippen LogP) is 4.89. The van der Waals surface area contributed by atoms with Crippen LogP contribution in [-0.2, 0) is 19.6 Å². The topological polar surface area (TPSA) is 61.0 Å². The molecule has 9 heteroatoms. The fraction of sp³-hybridized carbons (Fsp3) is 0.167. The molecular weight excluding hydrogens is 379 g/mol. The third-order valence-corrected chi connectivity index (χ3v) is 4.58. The van der Waals surface area contributed by atoms with Crippen molar-refractivity contribution in [2.75, 3.05) is 0 Å². The zero-order valence-electron chi connectivity index (χ0n) is 14.1. The number of rotatable bonds is 4. The van der Waals surface area contributed by atoms with Crippen molar-refractivity contribution in [2.45, 2.75) is 17.5 Å². The zero-order chi connectivity index (χ0) is 19.8. The minimum atomic E-state index is -4.50. The van der Waals surface area contributed by atoms with E-state index in [1.165, 1.54) is 17.7 Å². The van der Waals surface area contributed by atoms with Gasteiger partial charge in [-0.05, 0) is 17.5 Å². The Hall–Kier alpha value is -2.81. The summed E-state index contributed by atoms with van der Waals surface area (Å²) >= 11 is 4.24. The second-order valence-corrected chi connectivity index (χ2v) is 6.42. The SMILES string of the molecule is Cn1cc(C(F)(F)F)nc1-c1ccc(Cc2cccc([N+](=O)[O-])c2S)cc1. The molecular formula is C18H14F3N3O2S. The molecule has 0 fully saturated rings. The van der Waals surface area contributed by atoms with E-state index < -0.39 is 16.8 Å². The number of nitro groups is 1. The van der Waals surface area contributed by atoms with Gasteiger partial charge >= 0.3 is 6.18 Å². The van der Waals surface area contributed by atoms with Crippen molar-refractivity contribution in [1.29, 1.82) is 0 Å². The Morgan fingerprint density at radius 1 is 1.19 bits per heavy atom. The molecule has 140 valence electrons. The lowest BCUT2D eigenvalue weighted by atomic mass is 10.0. The number of benzene rings is 2. The zero-order valence-corrected chi connectivity index (χ0v) is 15.0. The molecule has 0 radical (unpaired) electrons. The average molecular weight is 393 g/mol. The lowest BCUT2D eigenvalue weighted by Gasteiger charge is -2.07. The van der Waals surface area contributed by atoms with Crippen LogP contribution < -0.4 is 0 Å². The first-order valence-corrected chi connectivity index (χ1v) is 8.26. The molecule has 0 unspecified atom stereocenters.